The molecular formula is C21H30N4O2S2. The molecule has 0 amide bonds. The topological polar surface area (TPSA) is 73.8 Å². The number of hydrogen-bond donors (Lipinski definition) is 2. The van der Waals surface area contributed by atoms with Crippen molar-refractivity contribution in [1.29, 1.82) is 0 Å². The SMILES string of the molecule is CN=C(NCCc1ccc(S(C)(=O)=O)cc1)NC1CCN(Cc2ccsc2)CC1. The molecule has 1 aromatic heterocycles. The molecule has 1 fully saturated rings. The molecule has 2 heterocycles. The van der Waals surface area contributed by atoms with Crippen molar-refractivity contribution in [1.82, 2.24) is 15.5 Å². The number of sulfone groups is 1. The number of rotatable bonds is 7. The average molecular weight is 435 g/mol. The highest BCUT2D eigenvalue weighted by Gasteiger charge is 2.20. The molecule has 0 saturated carbocycles. The van der Waals surface area contributed by atoms with Crippen molar-refractivity contribution >= 4 is 27.1 Å². The number of likely N-dealkylation sites (tertiary alicyclic amines) is 1. The Labute approximate surface area is 178 Å². The summed E-state index contributed by atoms with van der Waals surface area (Å²) in [7, 11) is -1.35. The van der Waals surface area contributed by atoms with Crippen molar-refractivity contribution in [3.8, 4) is 0 Å². The third-order valence-corrected chi connectivity index (χ3v) is 7.06. The van der Waals surface area contributed by atoms with Crippen LogP contribution in [0.4, 0.5) is 0 Å². The van der Waals surface area contributed by atoms with Crippen LogP contribution in [-0.2, 0) is 22.8 Å². The van der Waals surface area contributed by atoms with Crippen molar-refractivity contribution in [3.63, 3.8) is 0 Å². The Morgan fingerprint density at radius 1 is 1.17 bits per heavy atom. The maximum Gasteiger partial charge on any atom is 0.191 e. The number of nitrogens with zero attached hydrogens (tertiary/aromatic N) is 2. The monoisotopic (exact) mass is 434 g/mol. The molecule has 2 N–H and O–H groups in total. The molecule has 2 aromatic rings. The summed E-state index contributed by atoms with van der Waals surface area (Å²) in [6, 6.07) is 9.72. The smallest absolute Gasteiger partial charge is 0.191 e. The van der Waals surface area contributed by atoms with E-state index in [2.05, 4.69) is 37.4 Å². The first-order valence-electron chi connectivity index (χ1n) is 9.93. The van der Waals surface area contributed by atoms with E-state index in [4.69, 9.17) is 0 Å². The number of nitrogens with one attached hydrogen (secondary N) is 2. The molecule has 6 nitrogen and oxygen atoms in total. The minimum atomic E-state index is -3.14. The summed E-state index contributed by atoms with van der Waals surface area (Å²) in [5.74, 6) is 0.828. The van der Waals surface area contributed by atoms with E-state index < -0.39 is 9.84 Å². The Bertz CT molecular complexity index is 885. The van der Waals surface area contributed by atoms with Crippen LogP contribution in [0, 0.1) is 0 Å². The minimum Gasteiger partial charge on any atom is -0.356 e. The zero-order chi connectivity index (χ0) is 20.7. The molecular weight excluding hydrogens is 404 g/mol. The summed E-state index contributed by atoms with van der Waals surface area (Å²) in [5.41, 5.74) is 2.51. The van der Waals surface area contributed by atoms with Gasteiger partial charge < -0.3 is 10.6 Å². The Hall–Kier alpha value is -1.90. The first-order chi connectivity index (χ1) is 13.9. The maximum absolute atomic E-state index is 11.5. The molecule has 0 atom stereocenters. The third kappa shape index (κ3) is 6.83. The molecule has 1 aliphatic heterocycles. The lowest BCUT2D eigenvalue weighted by Gasteiger charge is -2.32. The second-order valence-corrected chi connectivity index (χ2v) is 10.3. The van der Waals surface area contributed by atoms with Gasteiger partial charge in [-0.15, -0.1) is 0 Å². The van der Waals surface area contributed by atoms with Gasteiger partial charge in [-0.1, -0.05) is 12.1 Å². The van der Waals surface area contributed by atoms with Crippen molar-refractivity contribution in [3.05, 3.63) is 52.2 Å². The predicted molar refractivity (Wildman–Crippen MR) is 120 cm³/mol. The fourth-order valence-corrected chi connectivity index (χ4v) is 4.78. The Morgan fingerprint density at radius 2 is 1.90 bits per heavy atom. The number of benzene rings is 1. The minimum absolute atomic E-state index is 0.358. The van der Waals surface area contributed by atoms with Crippen LogP contribution in [0.1, 0.15) is 24.0 Å². The van der Waals surface area contributed by atoms with Crippen LogP contribution in [-0.4, -0.2) is 58.3 Å². The highest BCUT2D eigenvalue weighted by Crippen LogP contribution is 2.15. The Balaban J connectivity index is 1.38. The van der Waals surface area contributed by atoms with Crippen LogP contribution >= 0.6 is 11.3 Å². The van der Waals surface area contributed by atoms with E-state index in [0.29, 0.717) is 10.9 Å². The zero-order valence-corrected chi connectivity index (χ0v) is 18.7. The largest absolute Gasteiger partial charge is 0.356 e. The molecule has 0 aliphatic carbocycles. The maximum atomic E-state index is 11.5. The van der Waals surface area contributed by atoms with E-state index in [1.54, 1.807) is 30.5 Å². The zero-order valence-electron chi connectivity index (χ0n) is 17.1. The van der Waals surface area contributed by atoms with Crippen LogP contribution in [0.25, 0.3) is 0 Å². The molecule has 0 unspecified atom stereocenters. The fourth-order valence-electron chi connectivity index (χ4n) is 3.49. The first-order valence-corrected chi connectivity index (χ1v) is 12.8. The van der Waals surface area contributed by atoms with Crippen molar-refractivity contribution in [2.45, 2.75) is 36.7 Å². The van der Waals surface area contributed by atoms with Crippen LogP contribution in [0.3, 0.4) is 0 Å². The number of thiophene rings is 1. The van der Waals surface area contributed by atoms with Crippen molar-refractivity contribution in [2.24, 2.45) is 4.99 Å². The second-order valence-electron chi connectivity index (χ2n) is 7.49. The van der Waals surface area contributed by atoms with Crippen LogP contribution < -0.4 is 10.6 Å². The molecule has 8 heteroatoms. The molecule has 158 valence electrons. The number of aliphatic imine (C=N–C) groups is 1. The molecule has 0 radical (unpaired) electrons. The number of hydrogen-bond acceptors (Lipinski definition) is 5. The summed E-state index contributed by atoms with van der Waals surface area (Å²) in [4.78, 5) is 7.21. The molecule has 29 heavy (non-hydrogen) atoms. The van der Waals surface area contributed by atoms with E-state index >= 15 is 0 Å². The van der Waals surface area contributed by atoms with Gasteiger partial charge in [0.25, 0.3) is 0 Å². The lowest BCUT2D eigenvalue weighted by molar-refractivity contribution is 0.198. The van der Waals surface area contributed by atoms with Gasteiger partial charge in [0, 0.05) is 45.5 Å². The van der Waals surface area contributed by atoms with Gasteiger partial charge in [-0.05, 0) is 59.3 Å². The molecule has 3 rings (SSSR count). The summed E-state index contributed by atoms with van der Waals surface area (Å²) < 4.78 is 23.1. The van der Waals surface area contributed by atoms with Crippen LogP contribution in [0.15, 0.2) is 51.0 Å². The molecule has 0 spiro atoms. The molecule has 1 aromatic carbocycles. The van der Waals surface area contributed by atoms with E-state index in [-0.39, 0.29) is 0 Å². The number of guanidine groups is 1. The first kappa shape index (κ1) is 21.8. The standard InChI is InChI=1S/C21H30N4O2S2/c1-22-21(23-11-7-17-3-5-20(6-4-17)29(2,26)27)24-19-8-12-25(13-9-19)15-18-10-14-28-16-18/h3-6,10,14,16,19H,7-9,11-13,15H2,1-2H3,(H2,22,23,24). The molecule has 1 aliphatic rings. The van der Waals surface area contributed by atoms with Crippen molar-refractivity contribution < 1.29 is 8.42 Å². The summed E-state index contributed by atoms with van der Waals surface area (Å²) in [6.07, 6.45) is 4.26. The van der Waals surface area contributed by atoms with Gasteiger partial charge in [0.15, 0.2) is 15.8 Å². The van der Waals surface area contributed by atoms with E-state index in [1.807, 2.05) is 12.1 Å². The van der Waals surface area contributed by atoms with E-state index in [9.17, 15) is 8.42 Å². The van der Waals surface area contributed by atoms with E-state index in [0.717, 1.165) is 57.0 Å². The highest BCUT2D eigenvalue weighted by molar-refractivity contribution is 7.90. The molecule has 1 saturated heterocycles. The second kappa shape index (κ2) is 10.2. The Kier molecular flexibility index (Phi) is 7.69. The third-order valence-electron chi connectivity index (χ3n) is 5.20. The van der Waals surface area contributed by atoms with Gasteiger partial charge in [-0.2, -0.15) is 11.3 Å². The number of piperidine rings is 1. The highest BCUT2D eigenvalue weighted by atomic mass is 32.2. The Morgan fingerprint density at radius 3 is 2.48 bits per heavy atom. The van der Waals surface area contributed by atoms with Crippen LogP contribution in [0.5, 0.6) is 0 Å². The van der Waals surface area contributed by atoms with Gasteiger partial charge in [-0.25, -0.2) is 8.42 Å². The van der Waals surface area contributed by atoms with Crippen LogP contribution in [0.2, 0.25) is 0 Å². The summed E-state index contributed by atoms with van der Waals surface area (Å²) in [5, 5.41) is 11.3. The summed E-state index contributed by atoms with van der Waals surface area (Å²) >= 11 is 1.76. The quantitative estimate of drug-likeness (QED) is 0.517. The van der Waals surface area contributed by atoms with E-state index in [1.165, 1.54) is 11.8 Å². The van der Waals surface area contributed by atoms with Gasteiger partial charge in [0.1, 0.15) is 0 Å². The van der Waals surface area contributed by atoms with Gasteiger partial charge >= 0.3 is 0 Å². The molecule has 0 bridgehead atoms. The van der Waals surface area contributed by atoms with Gasteiger partial charge in [0.05, 0.1) is 4.90 Å². The lowest BCUT2D eigenvalue weighted by Crippen LogP contribution is -2.48. The normalized spacial score (nSPS) is 16.7. The lowest BCUT2D eigenvalue weighted by atomic mass is 10.0. The fraction of sp³-hybridized carbons (Fsp3) is 0.476. The average Bonchev–Trinajstić information content (AvgIpc) is 3.21. The van der Waals surface area contributed by atoms with Crippen molar-refractivity contribution in [2.75, 3.05) is 32.9 Å². The predicted octanol–water partition coefficient (Wildman–Crippen LogP) is 2.52. The summed E-state index contributed by atoms with van der Waals surface area (Å²) in [6.45, 7) is 3.98. The van der Waals surface area contributed by atoms with Gasteiger partial charge in [0.2, 0.25) is 0 Å². The van der Waals surface area contributed by atoms with Gasteiger partial charge in [-0.3, -0.25) is 9.89 Å².